The molecule has 20 heavy (non-hydrogen) atoms. The first-order chi connectivity index (χ1) is 9.50. The van der Waals surface area contributed by atoms with Crippen molar-refractivity contribution >= 4 is 0 Å². The number of nitrogens with zero attached hydrogens (tertiary/aromatic N) is 2. The highest BCUT2D eigenvalue weighted by molar-refractivity contribution is 4.82. The third-order valence-corrected chi connectivity index (χ3v) is 4.54. The minimum absolute atomic E-state index is 0.0935. The SMILES string of the molecule is CCCNC(C)(CO)CCCCN1CCN(C)CC1C. The maximum absolute atomic E-state index is 9.55. The van der Waals surface area contributed by atoms with Crippen LogP contribution in [0.3, 0.4) is 0 Å². The summed E-state index contributed by atoms with van der Waals surface area (Å²) in [6, 6.07) is 0.677. The molecule has 0 aromatic carbocycles. The highest BCUT2D eigenvalue weighted by atomic mass is 16.3. The number of hydrogen-bond donors (Lipinski definition) is 2. The summed E-state index contributed by atoms with van der Waals surface area (Å²) in [5.41, 5.74) is -0.0935. The van der Waals surface area contributed by atoms with Gasteiger partial charge in [0.2, 0.25) is 0 Å². The van der Waals surface area contributed by atoms with Gasteiger partial charge >= 0.3 is 0 Å². The summed E-state index contributed by atoms with van der Waals surface area (Å²) in [6.07, 6.45) is 4.60. The van der Waals surface area contributed by atoms with Gasteiger partial charge in [0.05, 0.1) is 6.61 Å². The molecule has 0 saturated carbocycles. The van der Waals surface area contributed by atoms with Crippen LogP contribution in [0.15, 0.2) is 0 Å². The fourth-order valence-corrected chi connectivity index (χ4v) is 2.99. The van der Waals surface area contributed by atoms with Crippen LogP contribution in [-0.2, 0) is 0 Å². The average molecular weight is 285 g/mol. The van der Waals surface area contributed by atoms with Gasteiger partial charge in [-0.1, -0.05) is 13.3 Å². The number of nitrogens with one attached hydrogen (secondary N) is 1. The molecule has 1 saturated heterocycles. The van der Waals surface area contributed by atoms with Crippen LogP contribution in [0.1, 0.15) is 46.5 Å². The maximum atomic E-state index is 9.55. The van der Waals surface area contributed by atoms with E-state index in [4.69, 9.17) is 0 Å². The molecule has 0 aliphatic carbocycles. The second-order valence-electron chi connectivity index (χ2n) is 6.75. The van der Waals surface area contributed by atoms with Crippen LogP contribution in [0.5, 0.6) is 0 Å². The van der Waals surface area contributed by atoms with Gasteiger partial charge in [0.1, 0.15) is 0 Å². The van der Waals surface area contributed by atoms with E-state index in [0.717, 1.165) is 19.4 Å². The lowest BCUT2D eigenvalue weighted by Gasteiger charge is -2.38. The molecule has 1 aliphatic rings. The zero-order chi connectivity index (χ0) is 15.0. The summed E-state index contributed by atoms with van der Waals surface area (Å²) < 4.78 is 0. The highest BCUT2D eigenvalue weighted by Gasteiger charge is 2.23. The summed E-state index contributed by atoms with van der Waals surface area (Å²) in [5, 5.41) is 13.0. The number of hydrogen-bond acceptors (Lipinski definition) is 4. The number of aliphatic hydroxyl groups excluding tert-OH is 1. The van der Waals surface area contributed by atoms with Crippen molar-refractivity contribution in [3.8, 4) is 0 Å². The zero-order valence-corrected chi connectivity index (χ0v) is 14.0. The number of aliphatic hydroxyl groups is 1. The molecule has 0 bridgehead atoms. The molecule has 2 unspecified atom stereocenters. The van der Waals surface area contributed by atoms with Crippen molar-refractivity contribution in [2.45, 2.75) is 58.0 Å². The quantitative estimate of drug-likeness (QED) is 0.630. The van der Waals surface area contributed by atoms with Crippen molar-refractivity contribution in [1.29, 1.82) is 0 Å². The Bertz CT molecular complexity index is 262. The van der Waals surface area contributed by atoms with Crippen LogP contribution < -0.4 is 5.32 Å². The number of unbranched alkanes of at least 4 members (excludes halogenated alkanes) is 1. The van der Waals surface area contributed by atoms with Crippen LogP contribution in [0.25, 0.3) is 0 Å². The Balaban J connectivity index is 2.20. The largest absolute Gasteiger partial charge is 0.394 e. The molecule has 0 aromatic heterocycles. The van der Waals surface area contributed by atoms with Crippen LogP contribution in [0.2, 0.25) is 0 Å². The van der Waals surface area contributed by atoms with Gasteiger partial charge in [-0.15, -0.1) is 0 Å². The predicted molar refractivity (Wildman–Crippen MR) is 86.2 cm³/mol. The normalized spacial score (nSPS) is 24.8. The Hall–Kier alpha value is -0.160. The van der Waals surface area contributed by atoms with Crippen molar-refractivity contribution < 1.29 is 5.11 Å². The van der Waals surface area contributed by atoms with Crippen molar-refractivity contribution in [2.24, 2.45) is 0 Å². The monoisotopic (exact) mass is 285 g/mol. The summed E-state index contributed by atoms with van der Waals surface area (Å²) in [5.74, 6) is 0. The molecule has 4 nitrogen and oxygen atoms in total. The molecular weight excluding hydrogens is 250 g/mol. The third-order valence-electron chi connectivity index (χ3n) is 4.54. The standard InChI is InChI=1S/C16H35N3O/c1-5-9-17-16(3,14-20)8-6-7-10-19-12-11-18(4)13-15(19)2/h15,17,20H,5-14H2,1-4H3. The van der Waals surface area contributed by atoms with E-state index in [1.54, 1.807) is 0 Å². The lowest BCUT2D eigenvalue weighted by molar-refractivity contribution is 0.0964. The smallest absolute Gasteiger partial charge is 0.0610 e. The fraction of sp³-hybridized carbons (Fsp3) is 1.00. The van der Waals surface area contributed by atoms with Crippen molar-refractivity contribution in [1.82, 2.24) is 15.1 Å². The van der Waals surface area contributed by atoms with E-state index >= 15 is 0 Å². The molecule has 2 atom stereocenters. The lowest BCUT2D eigenvalue weighted by atomic mass is 9.95. The molecule has 0 amide bonds. The van der Waals surface area contributed by atoms with Gasteiger partial charge in [-0.25, -0.2) is 0 Å². The summed E-state index contributed by atoms with van der Waals surface area (Å²) in [7, 11) is 2.21. The van der Waals surface area contributed by atoms with E-state index in [1.807, 2.05) is 0 Å². The van der Waals surface area contributed by atoms with E-state index in [-0.39, 0.29) is 12.1 Å². The summed E-state index contributed by atoms with van der Waals surface area (Å²) in [4.78, 5) is 5.02. The minimum Gasteiger partial charge on any atom is -0.394 e. The van der Waals surface area contributed by atoms with Gasteiger partial charge in [-0.3, -0.25) is 4.90 Å². The first-order valence-corrected chi connectivity index (χ1v) is 8.29. The zero-order valence-electron chi connectivity index (χ0n) is 14.0. The molecule has 120 valence electrons. The number of piperazine rings is 1. The molecule has 1 aliphatic heterocycles. The molecule has 1 fully saturated rings. The van der Waals surface area contributed by atoms with E-state index < -0.39 is 0 Å². The number of likely N-dealkylation sites (N-methyl/N-ethyl adjacent to an activating group) is 1. The van der Waals surface area contributed by atoms with E-state index in [1.165, 1.54) is 39.0 Å². The first kappa shape index (κ1) is 17.9. The molecular formula is C16H35N3O. The van der Waals surface area contributed by atoms with Gasteiger partial charge in [-0.05, 0) is 53.2 Å². The second kappa shape index (κ2) is 8.98. The number of rotatable bonds is 9. The highest BCUT2D eigenvalue weighted by Crippen LogP contribution is 2.15. The predicted octanol–water partition coefficient (Wildman–Crippen LogP) is 1.54. The maximum Gasteiger partial charge on any atom is 0.0610 e. The summed E-state index contributed by atoms with van der Waals surface area (Å²) >= 11 is 0. The lowest BCUT2D eigenvalue weighted by Crippen LogP contribution is -2.50. The Labute approximate surface area is 125 Å². The Morgan fingerprint density at radius 3 is 2.65 bits per heavy atom. The van der Waals surface area contributed by atoms with Crippen molar-refractivity contribution in [3.05, 3.63) is 0 Å². The minimum atomic E-state index is -0.0935. The Morgan fingerprint density at radius 1 is 1.30 bits per heavy atom. The van der Waals surface area contributed by atoms with Gasteiger partial charge in [-0.2, -0.15) is 0 Å². The molecule has 2 N–H and O–H groups in total. The van der Waals surface area contributed by atoms with E-state index in [9.17, 15) is 5.11 Å². The van der Waals surface area contributed by atoms with Gasteiger partial charge in [0.15, 0.2) is 0 Å². The summed E-state index contributed by atoms with van der Waals surface area (Å²) in [6.45, 7) is 12.6. The first-order valence-electron chi connectivity index (χ1n) is 8.29. The molecule has 0 aromatic rings. The fourth-order valence-electron chi connectivity index (χ4n) is 2.99. The molecule has 0 radical (unpaired) electrons. The van der Waals surface area contributed by atoms with Gasteiger partial charge < -0.3 is 15.3 Å². The Morgan fingerprint density at radius 2 is 2.05 bits per heavy atom. The van der Waals surface area contributed by atoms with Gasteiger partial charge in [0, 0.05) is 31.2 Å². The molecule has 0 spiro atoms. The topological polar surface area (TPSA) is 38.7 Å². The van der Waals surface area contributed by atoms with E-state index in [0.29, 0.717) is 6.04 Å². The molecule has 1 heterocycles. The second-order valence-corrected chi connectivity index (χ2v) is 6.75. The molecule has 4 heteroatoms. The van der Waals surface area contributed by atoms with Crippen LogP contribution in [0.4, 0.5) is 0 Å². The van der Waals surface area contributed by atoms with Gasteiger partial charge in [0.25, 0.3) is 0 Å². The third kappa shape index (κ3) is 6.08. The van der Waals surface area contributed by atoms with Crippen molar-refractivity contribution in [3.63, 3.8) is 0 Å². The van der Waals surface area contributed by atoms with Crippen molar-refractivity contribution in [2.75, 3.05) is 46.4 Å². The van der Waals surface area contributed by atoms with Crippen LogP contribution in [0, 0.1) is 0 Å². The Kier molecular flexibility index (Phi) is 8.03. The van der Waals surface area contributed by atoms with E-state index in [2.05, 4.69) is 42.9 Å². The average Bonchev–Trinajstić information content (AvgIpc) is 2.43. The molecule has 1 rings (SSSR count). The van der Waals surface area contributed by atoms with Crippen LogP contribution in [-0.4, -0.2) is 72.9 Å². The van der Waals surface area contributed by atoms with Crippen LogP contribution >= 0.6 is 0 Å².